The van der Waals surface area contributed by atoms with Crippen LogP contribution in [-0.4, -0.2) is 14.5 Å². The first-order valence-electron chi connectivity index (χ1n) is 7.15. The first kappa shape index (κ1) is 14.4. The minimum absolute atomic E-state index is 0.160. The minimum atomic E-state index is -0.401. The third-order valence-corrected chi connectivity index (χ3v) is 3.67. The quantitative estimate of drug-likeness (QED) is 0.746. The lowest BCUT2D eigenvalue weighted by Crippen LogP contribution is -2.29. The molecule has 22 heavy (non-hydrogen) atoms. The molecule has 4 nitrogen and oxygen atoms in total. The molecule has 0 saturated carbocycles. The van der Waals surface area contributed by atoms with Gasteiger partial charge in [-0.15, -0.1) is 0 Å². The highest BCUT2D eigenvalue weighted by atomic mass is 19.1. The lowest BCUT2D eigenvalue weighted by atomic mass is 10.00. The number of benzene rings is 1. The molecule has 0 radical (unpaired) electrons. The summed E-state index contributed by atoms with van der Waals surface area (Å²) in [5.41, 5.74) is 0.988. The summed E-state index contributed by atoms with van der Waals surface area (Å²) in [6.45, 7) is 4.06. The Bertz CT molecular complexity index is 859. The van der Waals surface area contributed by atoms with Crippen molar-refractivity contribution >= 4 is 10.9 Å². The maximum atomic E-state index is 13.3. The highest BCUT2D eigenvalue weighted by Crippen LogP contribution is 2.23. The van der Waals surface area contributed by atoms with Gasteiger partial charge in [0.2, 0.25) is 0 Å². The molecule has 0 spiro atoms. The largest absolute Gasteiger partial charge is 0.289 e. The van der Waals surface area contributed by atoms with Gasteiger partial charge in [-0.2, -0.15) is 0 Å². The molecule has 3 aromatic rings. The SMILES string of the molecule is CC(C)[C@@H](c1ccccn1)n1cnc2cc(F)ccc2c1=O. The van der Waals surface area contributed by atoms with Crippen molar-refractivity contribution in [2.24, 2.45) is 5.92 Å². The van der Waals surface area contributed by atoms with E-state index in [0.29, 0.717) is 10.9 Å². The molecule has 0 fully saturated rings. The van der Waals surface area contributed by atoms with Crippen molar-refractivity contribution in [3.63, 3.8) is 0 Å². The van der Waals surface area contributed by atoms with Gasteiger partial charge in [0.1, 0.15) is 5.82 Å². The van der Waals surface area contributed by atoms with Crippen molar-refractivity contribution in [3.8, 4) is 0 Å². The predicted octanol–water partition coefficient (Wildman–Crippen LogP) is 3.18. The number of halogens is 1. The molecule has 3 rings (SSSR count). The van der Waals surface area contributed by atoms with Crippen LogP contribution < -0.4 is 5.56 Å². The van der Waals surface area contributed by atoms with Crippen LogP contribution in [-0.2, 0) is 0 Å². The van der Waals surface area contributed by atoms with E-state index in [-0.39, 0.29) is 17.5 Å². The molecule has 2 aromatic heterocycles. The summed E-state index contributed by atoms with van der Waals surface area (Å²) in [6.07, 6.45) is 3.18. The smallest absolute Gasteiger partial charge is 0.261 e. The zero-order valence-electron chi connectivity index (χ0n) is 12.4. The van der Waals surface area contributed by atoms with Crippen LogP contribution in [0.4, 0.5) is 4.39 Å². The van der Waals surface area contributed by atoms with Crippen molar-refractivity contribution in [2.75, 3.05) is 0 Å². The molecule has 0 unspecified atom stereocenters. The van der Waals surface area contributed by atoms with Crippen LogP contribution in [0.1, 0.15) is 25.6 Å². The first-order valence-corrected chi connectivity index (χ1v) is 7.15. The molecule has 0 aliphatic rings. The molecule has 5 heteroatoms. The highest BCUT2D eigenvalue weighted by Gasteiger charge is 2.21. The Balaban J connectivity index is 2.21. The normalized spacial score (nSPS) is 12.7. The number of hydrogen-bond acceptors (Lipinski definition) is 3. The first-order chi connectivity index (χ1) is 10.6. The van der Waals surface area contributed by atoms with Crippen molar-refractivity contribution < 1.29 is 4.39 Å². The van der Waals surface area contributed by atoms with Gasteiger partial charge in [0.15, 0.2) is 0 Å². The third kappa shape index (κ3) is 2.50. The van der Waals surface area contributed by atoms with Gasteiger partial charge in [-0.1, -0.05) is 19.9 Å². The van der Waals surface area contributed by atoms with Crippen LogP contribution in [0.5, 0.6) is 0 Å². The van der Waals surface area contributed by atoms with Crippen LogP contribution in [0.25, 0.3) is 10.9 Å². The number of pyridine rings is 1. The van der Waals surface area contributed by atoms with E-state index in [2.05, 4.69) is 9.97 Å². The average molecular weight is 297 g/mol. The summed E-state index contributed by atoms with van der Waals surface area (Å²) in [4.78, 5) is 21.3. The summed E-state index contributed by atoms with van der Waals surface area (Å²) in [7, 11) is 0. The summed E-state index contributed by atoms with van der Waals surface area (Å²) in [5.74, 6) is -0.241. The summed E-state index contributed by atoms with van der Waals surface area (Å²) in [6, 6.07) is 9.44. The molecule has 0 N–H and O–H groups in total. The number of nitrogens with zero attached hydrogens (tertiary/aromatic N) is 3. The van der Waals surface area contributed by atoms with Crippen molar-refractivity contribution in [1.82, 2.24) is 14.5 Å². The second-order valence-electron chi connectivity index (χ2n) is 5.56. The molecule has 0 amide bonds. The topological polar surface area (TPSA) is 47.8 Å². The van der Waals surface area contributed by atoms with Crippen LogP contribution in [0.3, 0.4) is 0 Å². The number of rotatable bonds is 3. The molecule has 0 saturated heterocycles. The van der Waals surface area contributed by atoms with Gasteiger partial charge >= 0.3 is 0 Å². The molecule has 0 aliphatic heterocycles. The molecule has 1 atom stereocenters. The van der Waals surface area contributed by atoms with Crippen LogP contribution in [0.15, 0.2) is 53.7 Å². The van der Waals surface area contributed by atoms with E-state index in [1.165, 1.54) is 24.5 Å². The summed E-state index contributed by atoms with van der Waals surface area (Å²) in [5, 5.41) is 0.408. The Labute approximate surface area is 127 Å². The molecular weight excluding hydrogens is 281 g/mol. The Morgan fingerprint density at radius 1 is 1.14 bits per heavy atom. The maximum absolute atomic E-state index is 13.3. The molecule has 112 valence electrons. The van der Waals surface area contributed by atoms with Gasteiger partial charge in [-0.25, -0.2) is 9.37 Å². The van der Waals surface area contributed by atoms with Crippen LogP contribution in [0.2, 0.25) is 0 Å². The van der Waals surface area contributed by atoms with E-state index >= 15 is 0 Å². The third-order valence-electron chi connectivity index (χ3n) is 3.67. The number of hydrogen-bond donors (Lipinski definition) is 0. The van der Waals surface area contributed by atoms with Crippen molar-refractivity contribution in [2.45, 2.75) is 19.9 Å². The second kappa shape index (κ2) is 5.67. The predicted molar refractivity (Wildman–Crippen MR) is 83.2 cm³/mol. The van der Waals surface area contributed by atoms with Gasteiger partial charge in [-0.3, -0.25) is 14.3 Å². The second-order valence-corrected chi connectivity index (χ2v) is 5.56. The number of fused-ring (bicyclic) bond motifs is 1. The van der Waals surface area contributed by atoms with E-state index < -0.39 is 5.82 Å². The lowest BCUT2D eigenvalue weighted by molar-refractivity contribution is 0.415. The monoisotopic (exact) mass is 297 g/mol. The van der Waals surface area contributed by atoms with Crippen molar-refractivity contribution in [3.05, 3.63) is 70.8 Å². The standard InChI is InChI=1S/C17H16FN3O/c1-11(2)16(14-5-3-4-8-19-14)21-10-20-15-9-12(18)6-7-13(15)17(21)22/h3-11,16H,1-2H3/t16-/m0/s1. The van der Waals surface area contributed by atoms with Gasteiger partial charge in [0.05, 0.1) is 29.0 Å². The Kier molecular flexibility index (Phi) is 3.71. The molecule has 0 aliphatic carbocycles. The van der Waals surface area contributed by atoms with E-state index in [0.717, 1.165) is 5.69 Å². The van der Waals surface area contributed by atoms with Crippen LogP contribution >= 0.6 is 0 Å². The number of aromatic nitrogens is 3. The molecule has 2 heterocycles. The zero-order chi connectivity index (χ0) is 15.7. The fourth-order valence-electron chi connectivity index (χ4n) is 2.66. The Morgan fingerprint density at radius 2 is 1.95 bits per heavy atom. The van der Waals surface area contributed by atoms with Gasteiger partial charge in [0.25, 0.3) is 5.56 Å². The summed E-state index contributed by atoms with van der Waals surface area (Å²) < 4.78 is 14.8. The van der Waals surface area contributed by atoms with Crippen LogP contribution in [0, 0.1) is 11.7 Å². The van der Waals surface area contributed by atoms with E-state index in [9.17, 15) is 9.18 Å². The van der Waals surface area contributed by atoms with Gasteiger partial charge < -0.3 is 0 Å². The molecule has 0 bridgehead atoms. The van der Waals surface area contributed by atoms with E-state index in [4.69, 9.17) is 0 Å². The van der Waals surface area contributed by atoms with Gasteiger partial charge in [0, 0.05) is 12.3 Å². The Hall–Kier alpha value is -2.56. The lowest BCUT2D eigenvalue weighted by Gasteiger charge is -2.22. The molecule has 1 aromatic carbocycles. The summed E-state index contributed by atoms with van der Waals surface area (Å²) >= 11 is 0. The molecular formula is C17H16FN3O. The van der Waals surface area contributed by atoms with E-state index in [1.54, 1.807) is 10.8 Å². The maximum Gasteiger partial charge on any atom is 0.261 e. The van der Waals surface area contributed by atoms with E-state index in [1.807, 2.05) is 32.0 Å². The van der Waals surface area contributed by atoms with Gasteiger partial charge in [-0.05, 0) is 30.2 Å². The minimum Gasteiger partial charge on any atom is -0.289 e. The fraction of sp³-hybridized carbons (Fsp3) is 0.235. The average Bonchev–Trinajstić information content (AvgIpc) is 2.50. The zero-order valence-corrected chi connectivity index (χ0v) is 12.4. The Morgan fingerprint density at radius 3 is 2.64 bits per heavy atom. The highest BCUT2D eigenvalue weighted by molar-refractivity contribution is 5.77. The van der Waals surface area contributed by atoms with Crippen molar-refractivity contribution in [1.29, 1.82) is 0 Å². The fourth-order valence-corrected chi connectivity index (χ4v) is 2.66.